The number of aromatic nitrogens is 2. The van der Waals surface area contributed by atoms with E-state index < -0.39 is 0 Å². The maximum atomic E-state index is 12.9. The molecule has 2 aliphatic rings. The zero-order valence-electron chi connectivity index (χ0n) is 19.6. The van der Waals surface area contributed by atoms with Gasteiger partial charge in [0.2, 0.25) is 0 Å². The van der Waals surface area contributed by atoms with Crippen LogP contribution < -0.4 is 10.1 Å². The smallest absolute Gasteiger partial charge is 0.261 e. The predicted octanol–water partition coefficient (Wildman–Crippen LogP) is 5.25. The molecule has 1 saturated heterocycles. The molecule has 9 heteroatoms. The van der Waals surface area contributed by atoms with Gasteiger partial charge >= 0.3 is 0 Å². The minimum Gasteiger partial charge on any atom is -0.489 e. The van der Waals surface area contributed by atoms with Crippen LogP contribution in [0.1, 0.15) is 44.0 Å². The van der Waals surface area contributed by atoms with E-state index in [1.165, 1.54) is 22.6 Å². The summed E-state index contributed by atoms with van der Waals surface area (Å²) < 4.78 is 7.36. The molecule has 0 bridgehead atoms. The number of carbonyl (C=O) groups is 2. The molecule has 4 aromatic rings. The number of imide groups is 1. The number of nitrogens with zero attached hydrogens (tertiary/aromatic N) is 3. The van der Waals surface area contributed by atoms with Gasteiger partial charge in [0, 0.05) is 15.5 Å². The molecule has 2 aromatic heterocycles. The second-order valence-electron chi connectivity index (χ2n) is 9.06. The lowest BCUT2D eigenvalue weighted by Gasteiger charge is -2.26. The van der Waals surface area contributed by atoms with Crippen LogP contribution in [0.2, 0.25) is 5.02 Å². The molecule has 0 unspecified atom stereocenters. The topological polar surface area (TPSA) is 84.4 Å². The molecule has 0 radical (unpaired) electrons. The number of amides is 2. The van der Waals surface area contributed by atoms with Crippen molar-refractivity contribution in [2.75, 3.05) is 13.1 Å². The number of fused-ring (bicyclic) bond motifs is 2. The number of benzene rings is 2. The number of thiophene rings is 1. The molecule has 36 heavy (non-hydrogen) atoms. The number of halogens is 1. The van der Waals surface area contributed by atoms with Crippen molar-refractivity contribution in [2.24, 2.45) is 0 Å². The van der Waals surface area contributed by atoms with Gasteiger partial charge in [0.15, 0.2) is 0 Å². The normalized spacial score (nSPS) is 16.1. The van der Waals surface area contributed by atoms with E-state index in [9.17, 15) is 9.59 Å². The van der Waals surface area contributed by atoms with E-state index >= 15 is 0 Å². The Labute approximate surface area is 217 Å². The number of rotatable bonds is 5. The summed E-state index contributed by atoms with van der Waals surface area (Å²) in [6.07, 6.45) is 3.52. The number of nitrogens with one attached hydrogen (secondary N) is 1. The highest BCUT2D eigenvalue weighted by atomic mass is 35.5. The Bertz CT molecular complexity index is 1480. The van der Waals surface area contributed by atoms with Crippen LogP contribution in [0.15, 0.2) is 48.8 Å². The molecule has 2 aromatic carbocycles. The van der Waals surface area contributed by atoms with Crippen molar-refractivity contribution >= 4 is 45.0 Å². The molecule has 0 atom stereocenters. The van der Waals surface area contributed by atoms with E-state index in [-0.39, 0.29) is 24.5 Å². The van der Waals surface area contributed by atoms with Crippen molar-refractivity contribution in [1.29, 1.82) is 0 Å². The van der Waals surface area contributed by atoms with Crippen LogP contribution in [0.5, 0.6) is 5.75 Å². The molecular weight excluding hydrogens is 496 g/mol. The number of piperidine rings is 1. The van der Waals surface area contributed by atoms with Crippen LogP contribution in [0.3, 0.4) is 0 Å². The second-order valence-corrected chi connectivity index (χ2v) is 10.6. The summed E-state index contributed by atoms with van der Waals surface area (Å²) in [6.45, 7) is 4.03. The van der Waals surface area contributed by atoms with Gasteiger partial charge in [0.05, 0.1) is 33.6 Å². The maximum absolute atomic E-state index is 12.9. The number of hydrogen-bond donors (Lipinski definition) is 1. The molecule has 0 saturated carbocycles. The Morgan fingerprint density at radius 2 is 1.78 bits per heavy atom. The third-order valence-corrected chi connectivity index (χ3v) is 7.95. The van der Waals surface area contributed by atoms with Gasteiger partial charge < -0.3 is 10.1 Å². The average molecular weight is 519 g/mol. The maximum Gasteiger partial charge on any atom is 0.261 e. The molecule has 0 spiro atoms. The van der Waals surface area contributed by atoms with Crippen LogP contribution in [-0.2, 0) is 6.54 Å². The van der Waals surface area contributed by atoms with E-state index in [1.54, 1.807) is 24.3 Å². The summed E-state index contributed by atoms with van der Waals surface area (Å²) in [5, 5.41) is 3.97. The lowest BCUT2D eigenvalue weighted by molar-refractivity contribution is 0.0644. The van der Waals surface area contributed by atoms with Gasteiger partial charge in [-0.15, -0.1) is 11.3 Å². The fourth-order valence-electron chi connectivity index (χ4n) is 4.85. The zero-order valence-corrected chi connectivity index (χ0v) is 21.2. The third kappa shape index (κ3) is 4.05. The minimum absolute atomic E-state index is 0.120. The summed E-state index contributed by atoms with van der Waals surface area (Å²) in [4.78, 5) is 37.0. The van der Waals surface area contributed by atoms with Crippen LogP contribution in [0.4, 0.5) is 0 Å². The summed E-state index contributed by atoms with van der Waals surface area (Å²) in [6, 6.07) is 12.6. The summed E-state index contributed by atoms with van der Waals surface area (Å²) in [5.41, 5.74) is 4.14. The molecule has 2 aliphatic heterocycles. The largest absolute Gasteiger partial charge is 0.489 e. The molecular formula is C27H23ClN4O3S. The van der Waals surface area contributed by atoms with Crippen molar-refractivity contribution in [1.82, 2.24) is 20.2 Å². The number of hydrogen-bond acceptors (Lipinski definition) is 7. The lowest BCUT2D eigenvalue weighted by Crippen LogP contribution is -2.34. The first kappa shape index (κ1) is 23.1. The molecule has 6 rings (SSSR count). The van der Waals surface area contributed by atoms with Gasteiger partial charge in [0.1, 0.15) is 18.2 Å². The quantitative estimate of drug-likeness (QED) is 0.363. The van der Waals surface area contributed by atoms with Crippen molar-refractivity contribution in [3.63, 3.8) is 0 Å². The van der Waals surface area contributed by atoms with Crippen LogP contribution in [0, 0.1) is 6.92 Å². The van der Waals surface area contributed by atoms with E-state index in [2.05, 4.69) is 15.3 Å². The van der Waals surface area contributed by atoms with Gasteiger partial charge in [-0.05, 0) is 68.8 Å². The zero-order chi connectivity index (χ0) is 24.8. The Kier molecular flexibility index (Phi) is 5.95. The fourth-order valence-corrected chi connectivity index (χ4v) is 6.23. The van der Waals surface area contributed by atoms with E-state index in [1.807, 2.05) is 25.1 Å². The Hall–Kier alpha value is -3.33. The van der Waals surface area contributed by atoms with Crippen molar-refractivity contribution in [3.8, 4) is 17.0 Å². The van der Waals surface area contributed by atoms with E-state index in [4.69, 9.17) is 16.3 Å². The van der Waals surface area contributed by atoms with Crippen molar-refractivity contribution in [3.05, 3.63) is 75.4 Å². The summed E-state index contributed by atoms with van der Waals surface area (Å²) in [7, 11) is 0. The van der Waals surface area contributed by atoms with Crippen LogP contribution in [-0.4, -0.2) is 45.9 Å². The van der Waals surface area contributed by atoms with Crippen molar-refractivity contribution in [2.45, 2.75) is 32.4 Å². The Morgan fingerprint density at radius 1 is 1.06 bits per heavy atom. The van der Waals surface area contributed by atoms with Gasteiger partial charge in [-0.3, -0.25) is 14.5 Å². The first-order chi connectivity index (χ1) is 17.5. The Balaban J connectivity index is 1.37. The standard InChI is InChI=1S/C27H23ClN4O3S/c1-15-10-16(28)11-21(24(15)35-17-6-8-29-9-7-17)23-25-22(30-14-31-23)12-18(36-25)13-32-26(33)19-4-2-3-5-20(19)27(32)34/h2-5,10-12,14,17,29H,6-9,13H2,1H3. The minimum atomic E-state index is -0.275. The average Bonchev–Trinajstić information content (AvgIpc) is 3.41. The molecule has 1 fully saturated rings. The predicted molar refractivity (Wildman–Crippen MR) is 140 cm³/mol. The van der Waals surface area contributed by atoms with Gasteiger partial charge in [-0.2, -0.15) is 0 Å². The molecule has 1 N–H and O–H groups in total. The first-order valence-electron chi connectivity index (χ1n) is 11.9. The molecule has 2 amide bonds. The fraction of sp³-hybridized carbons (Fsp3) is 0.259. The highest BCUT2D eigenvalue weighted by Gasteiger charge is 2.35. The molecule has 7 nitrogen and oxygen atoms in total. The van der Waals surface area contributed by atoms with Crippen molar-refractivity contribution < 1.29 is 14.3 Å². The lowest BCUT2D eigenvalue weighted by atomic mass is 10.0. The summed E-state index contributed by atoms with van der Waals surface area (Å²) in [5.74, 6) is 0.228. The van der Waals surface area contributed by atoms with Gasteiger partial charge in [0.25, 0.3) is 11.8 Å². The second kappa shape index (κ2) is 9.28. The summed E-state index contributed by atoms with van der Waals surface area (Å²) >= 11 is 7.95. The SMILES string of the molecule is Cc1cc(Cl)cc(-c2ncnc3cc(CN4C(=O)c5ccccc5C4=O)sc23)c1OC1CCNCC1. The molecule has 0 aliphatic carbocycles. The van der Waals surface area contributed by atoms with Crippen LogP contribution in [0.25, 0.3) is 21.5 Å². The highest BCUT2D eigenvalue weighted by molar-refractivity contribution is 7.19. The number of ether oxygens (including phenoxy) is 1. The van der Waals surface area contributed by atoms with E-state index in [0.29, 0.717) is 16.1 Å². The third-order valence-electron chi connectivity index (χ3n) is 6.62. The number of aryl methyl sites for hydroxylation is 1. The highest BCUT2D eigenvalue weighted by Crippen LogP contribution is 2.41. The van der Waals surface area contributed by atoms with Crippen LogP contribution >= 0.6 is 22.9 Å². The van der Waals surface area contributed by atoms with Gasteiger partial charge in [-0.1, -0.05) is 23.7 Å². The van der Waals surface area contributed by atoms with Gasteiger partial charge in [-0.25, -0.2) is 9.97 Å². The number of carbonyl (C=O) groups excluding carboxylic acids is 2. The molecule has 4 heterocycles. The first-order valence-corrected chi connectivity index (χ1v) is 13.1. The Morgan fingerprint density at radius 3 is 2.50 bits per heavy atom. The monoisotopic (exact) mass is 518 g/mol. The van der Waals surface area contributed by atoms with E-state index in [0.717, 1.165) is 63.6 Å². The molecule has 182 valence electrons.